The highest BCUT2D eigenvalue weighted by Crippen LogP contribution is 2.28. The number of nitrogens with one attached hydrogen (secondary N) is 1. The summed E-state index contributed by atoms with van der Waals surface area (Å²) in [5, 5.41) is 22.6. The van der Waals surface area contributed by atoms with Gasteiger partial charge in [0.05, 0.1) is 19.3 Å². The van der Waals surface area contributed by atoms with Gasteiger partial charge in [-0.15, -0.1) is 10.2 Å². The zero-order valence-electron chi connectivity index (χ0n) is 14.4. The summed E-state index contributed by atoms with van der Waals surface area (Å²) < 4.78 is 6.19. The Morgan fingerprint density at radius 1 is 1.28 bits per heavy atom. The molecule has 6 nitrogen and oxygen atoms in total. The van der Waals surface area contributed by atoms with E-state index in [9.17, 15) is 5.11 Å². The minimum atomic E-state index is -0.370. The summed E-state index contributed by atoms with van der Waals surface area (Å²) in [5.74, 6) is 0.622. The number of rotatable bonds is 8. The van der Waals surface area contributed by atoms with Gasteiger partial charge in [0.2, 0.25) is 5.13 Å². The Bertz CT molecular complexity index is 644. The minimum absolute atomic E-state index is 0.370. The summed E-state index contributed by atoms with van der Waals surface area (Å²) in [6, 6.07) is 8.33. The molecule has 2 heterocycles. The number of aryl methyl sites for hydroxylation is 1. The van der Waals surface area contributed by atoms with Crippen LogP contribution in [0.2, 0.25) is 0 Å². The van der Waals surface area contributed by atoms with Gasteiger partial charge < -0.3 is 15.2 Å². The summed E-state index contributed by atoms with van der Waals surface area (Å²) in [5.41, 5.74) is 2.32. The molecule has 0 radical (unpaired) electrons. The summed E-state index contributed by atoms with van der Waals surface area (Å²) in [7, 11) is 0. The lowest BCUT2D eigenvalue weighted by atomic mass is 10.1. The number of hydrogen-bond acceptors (Lipinski definition) is 8. The molecule has 1 aliphatic heterocycles. The fourth-order valence-electron chi connectivity index (χ4n) is 2.57. The lowest BCUT2D eigenvalue weighted by molar-refractivity contribution is 0.0188. The van der Waals surface area contributed by atoms with Crippen LogP contribution in [0.1, 0.15) is 12.5 Å². The first-order valence-corrected chi connectivity index (χ1v) is 10.3. The van der Waals surface area contributed by atoms with Crippen molar-refractivity contribution in [3.8, 4) is 0 Å². The van der Waals surface area contributed by atoms with Gasteiger partial charge >= 0.3 is 0 Å². The average Bonchev–Trinajstić information content (AvgIpc) is 3.09. The van der Waals surface area contributed by atoms with Crippen LogP contribution >= 0.6 is 23.1 Å². The van der Waals surface area contributed by atoms with Crippen molar-refractivity contribution in [2.75, 3.05) is 43.9 Å². The van der Waals surface area contributed by atoms with Gasteiger partial charge in [-0.05, 0) is 24.1 Å². The van der Waals surface area contributed by atoms with Crippen LogP contribution < -0.4 is 5.32 Å². The largest absolute Gasteiger partial charge is 0.391 e. The molecular formula is C17H24N4O2S2. The second-order valence-corrected chi connectivity index (χ2v) is 8.17. The van der Waals surface area contributed by atoms with Gasteiger partial charge in [-0.25, -0.2) is 0 Å². The third kappa shape index (κ3) is 5.93. The van der Waals surface area contributed by atoms with E-state index in [-0.39, 0.29) is 6.10 Å². The smallest absolute Gasteiger partial charge is 0.210 e. The Kier molecular flexibility index (Phi) is 7.06. The molecule has 1 aromatic carbocycles. The molecule has 0 aliphatic carbocycles. The van der Waals surface area contributed by atoms with E-state index in [2.05, 4.69) is 51.6 Å². The Morgan fingerprint density at radius 3 is 2.76 bits per heavy atom. The summed E-state index contributed by atoms with van der Waals surface area (Å²) >= 11 is 3.06. The lowest BCUT2D eigenvalue weighted by Crippen LogP contribution is -2.41. The monoisotopic (exact) mass is 380 g/mol. The predicted octanol–water partition coefficient (Wildman–Crippen LogP) is 2.63. The molecule has 1 atom stereocenters. The molecule has 8 heteroatoms. The molecule has 3 rings (SSSR count). The van der Waals surface area contributed by atoms with E-state index in [1.54, 1.807) is 11.8 Å². The van der Waals surface area contributed by atoms with Crippen molar-refractivity contribution >= 4 is 33.9 Å². The third-order valence-electron chi connectivity index (χ3n) is 3.99. The normalized spacial score (nSPS) is 16.7. The second-order valence-electron chi connectivity index (χ2n) is 5.93. The van der Waals surface area contributed by atoms with E-state index >= 15 is 0 Å². The van der Waals surface area contributed by atoms with Crippen molar-refractivity contribution in [1.29, 1.82) is 0 Å². The third-order valence-corrected chi connectivity index (χ3v) is 6.11. The fraction of sp³-hybridized carbons (Fsp3) is 0.529. The van der Waals surface area contributed by atoms with Gasteiger partial charge in [0, 0.05) is 31.1 Å². The van der Waals surface area contributed by atoms with E-state index in [4.69, 9.17) is 4.74 Å². The molecule has 0 spiro atoms. The topological polar surface area (TPSA) is 70.5 Å². The highest BCUT2D eigenvalue weighted by molar-refractivity contribution is 8.01. The Balaban J connectivity index is 1.44. The predicted molar refractivity (Wildman–Crippen MR) is 103 cm³/mol. The van der Waals surface area contributed by atoms with Gasteiger partial charge in [0.15, 0.2) is 4.34 Å². The Labute approximate surface area is 156 Å². The molecular weight excluding hydrogens is 356 g/mol. The standard InChI is InChI=1S/C17H24N4O2S2/c1-2-13-3-5-14(6-4-13)18-16-19-20-17(25-16)24-12-15(22)11-21-7-9-23-10-8-21/h3-6,15,22H,2,7-12H2,1H3,(H,18,19)/t15-/m1/s1. The Hall–Kier alpha value is -1.19. The van der Waals surface area contributed by atoms with Gasteiger partial charge in [0.1, 0.15) is 0 Å². The summed E-state index contributed by atoms with van der Waals surface area (Å²) in [4.78, 5) is 2.24. The number of aromatic nitrogens is 2. The number of aliphatic hydroxyl groups excluding tert-OH is 1. The van der Waals surface area contributed by atoms with Crippen molar-refractivity contribution in [3.05, 3.63) is 29.8 Å². The van der Waals surface area contributed by atoms with Crippen LogP contribution in [-0.4, -0.2) is 64.9 Å². The number of aliphatic hydroxyl groups is 1. The highest BCUT2D eigenvalue weighted by Gasteiger charge is 2.16. The van der Waals surface area contributed by atoms with Gasteiger partial charge in [0.25, 0.3) is 0 Å². The van der Waals surface area contributed by atoms with Gasteiger partial charge in [-0.2, -0.15) is 0 Å². The first kappa shape index (κ1) is 18.6. The maximum Gasteiger partial charge on any atom is 0.210 e. The van der Waals surface area contributed by atoms with Gasteiger partial charge in [-0.3, -0.25) is 4.90 Å². The number of anilines is 2. The van der Waals surface area contributed by atoms with E-state index in [1.165, 1.54) is 16.9 Å². The van der Waals surface area contributed by atoms with E-state index < -0.39 is 0 Å². The highest BCUT2D eigenvalue weighted by atomic mass is 32.2. The molecule has 25 heavy (non-hydrogen) atoms. The number of morpholine rings is 1. The average molecular weight is 381 g/mol. The number of β-amino-alcohol motifs (C(OH)–C–C–N with tert-alkyl or cyclic N) is 1. The van der Waals surface area contributed by atoms with Crippen molar-refractivity contribution in [2.24, 2.45) is 0 Å². The zero-order chi connectivity index (χ0) is 17.5. The molecule has 1 aliphatic rings. The first-order valence-electron chi connectivity index (χ1n) is 8.53. The molecule has 0 saturated carbocycles. The SMILES string of the molecule is CCc1ccc(Nc2nnc(SC[C@H](O)CN3CCOCC3)s2)cc1. The molecule has 136 valence electrons. The van der Waals surface area contributed by atoms with Crippen LogP contribution in [0.3, 0.4) is 0 Å². The molecule has 0 unspecified atom stereocenters. The molecule has 0 bridgehead atoms. The van der Waals surface area contributed by atoms with Crippen molar-refractivity contribution in [2.45, 2.75) is 23.8 Å². The van der Waals surface area contributed by atoms with E-state index in [0.717, 1.165) is 47.9 Å². The maximum atomic E-state index is 10.2. The van der Waals surface area contributed by atoms with Crippen LogP contribution in [0, 0.1) is 0 Å². The maximum absolute atomic E-state index is 10.2. The molecule has 1 fully saturated rings. The lowest BCUT2D eigenvalue weighted by Gasteiger charge is -2.28. The fourth-order valence-corrected chi connectivity index (χ4v) is 4.28. The molecule has 1 aromatic heterocycles. The number of nitrogens with zero attached hydrogens (tertiary/aromatic N) is 3. The Morgan fingerprint density at radius 2 is 2.04 bits per heavy atom. The van der Waals surface area contributed by atoms with Crippen molar-refractivity contribution in [3.63, 3.8) is 0 Å². The first-order chi connectivity index (χ1) is 12.2. The molecule has 2 aromatic rings. The van der Waals surface area contributed by atoms with Crippen LogP contribution in [0.15, 0.2) is 28.6 Å². The van der Waals surface area contributed by atoms with Crippen LogP contribution in [0.25, 0.3) is 0 Å². The van der Waals surface area contributed by atoms with Crippen LogP contribution in [0.5, 0.6) is 0 Å². The number of hydrogen-bond donors (Lipinski definition) is 2. The number of ether oxygens (including phenoxy) is 1. The van der Waals surface area contributed by atoms with E-state index in [1.807, 2.05) is 0 Å². The molecule has 1 saturated heterocycles. The van der Waals surface area contributed by atoms with Crippen LogP contribution in [0.4, 0.5) is 10.8 Å². The van der Waals surface area contributed by atoms with Crippen molar-refractivity contribution < 1.29 is 9.84 Å². The van der Waals surface area contributed by atoms with Crippen LogP contribution in [-0.2, 0) is 11.2 Å². The minimum Gasteiger partial charge on any atom is -0.391 e. The van der Waals surface area contributed by atoms with Gasteiger partial charge in [-0.1, -0.05) is 42.2 Å². The molecule has 0 amide bonds. The summed E-state index contributed by atoms with van der Waals surface area (Å²) in [6.45, 7) is 6.13. The van der Waals surface area contributed by atoms with Crippen molar-refractivity contribution in [1.82, 2.24) is 15.1 Å². The quantitative estimate of drug-likeness (QED) is 0.682. The number of thioether (sulfide) groups is 1. The zero-order valence-corrected chi connectivity index (χ0v) is 16.0. The summed E-state index contributed by atoms with van der Waals surface area (Å²) in [6.07, 6.45) is 0.664. The van der Waals surface area contributed by atoms with E-state index in [0.29, 0.717) is 12.3 Å². The molecule has 2 N–H and O–H groups in total. The number of benzene rings is 1. The second kappa shape index (κ2) is 9.49.